The van der Waals surface area contributed by atoms with Crippen molar-refractivity contribution < 1.29 is 9.59 Å². The number of rotatable bonds is 3. The second-order valence-corrected chi connectivity index (χ2v) is 9.02. The van der Waals surface area contributed by atoms with Crippen molar-refractivity contribution in [1.82, 2.24) is 20.1 Å². The summed E-state index contributed by atoms with van der Waals surface area (Å²) in [7, 11) is 3.94. The molecule has 0 saturated carbocycles. The Morgan fingerprint density at radius 3 is 2.92 bits per heavy atom. The van der Waals surface area contributed by atoms with Crippen LogP contribution >= 0.6 is 22.7 Å². The number of piperidine rings is 1. The van der Waals surface area contributed by atoms with Crippen LogP contribution in [0.25, 0.3) is 9.53 Å². The Bertz CT molecular complexity index is 799. The lowest BCUT2D eigenvalue weighted by molar-refractivity contribution is -0.135. The minimum atomic E-state index is 0.0684. The fourth-order valence-corrected chi connectivity index (χ4v) is 5.68. The summed E-state index contributed by atoms with van der Waals surface area (Å²) in [6, 6.07) is 2.11. The molecule has 2 aromatic heterocycles. The molecule has 2 aliphatic rings. The molecule has 2 aromatic rings. The van der Waals surface area contributed by atoms with Crippen LogP contribution < -0.4 is 10.2 Å². The lowest BCUT2D eigenvalue weighted by atomic mass is 10.0. The summed E-state index contributed by atoms with van der Waals surface area (Å²) in [6.45, 7) is 3.37. The van der Waals surface area contributed by atoms with Gasteiger partial charge in [0.15, 0.2) is 5.13 Å². The molecule has 1 atom stereocenters. The van der Waals surface area contributed by atoms with Crippen LogP contribution in [0.4, 0.5) is 5.13 Å². The van der Waals surface area contributed by atoms with E-state index in [0.717, 1.165) is 52.0 Å². The molecule has 9 heteroatoms. The van der Waals surface area contributed by atoms with Crippen molar-refractivity contribution in [1.29, 1.82) is 0 Å². The maximum atomic E-state index is 13.0. The first-order valence-electron chi connectivity index (χ1n) is 8.90. The van der Waals surface area contributed by atoms with Crippen LogP contribution in [-0.4, -0.2) is 79.5 Å². The number of likely N-dealkylation sites (tertiary alicyclic amines) is 1. The Hall–Kier alpha value is -1.71. The van der Waals surface area contributed by atoms with Gasteiger partial charge in [-0.3, -0.25) is 9.59 Å². The van der Waals surface area contributed by atoms with Gasteiger partial charge in [0.25, 0.3) is 5.91 Å². The highest BCUT2D eigenvalue weighted by Gasteiger charge is 2.32. The van der Waals surface area contributed by atoms with E-state index in [0.29, 0.717) is 13.1 Å². The van der Waals surface area contributed by atoms with Gasteiger partial charge in [-0.2, -0.15) is 0 Å². The number of amides is 2. The van der Waals surface area contributed by atoms with E-state index in [1.807, 2.05) is 34.9 Å². The van der Waals surface area contributed by atoms with Crippen molar-refractivity contribution in [2.24, 2.45) is 0 Å². The molecule has 2 saturated heterocycles. The van der Waals surface area contributed by atoms with Gasteiger partial charge in [-0.1, -0.05) is 11.3 Å². The van der Waals surface area contributed by atoms with Crippen LogP contribution in [0.1, 0.15) is 22.5 Å². The smallest absolute Gasteiger partial charge is 0.264 e. The van der Waals surface area contributed by atoms with Crippen LogP contribution in [0.5, 0.6) is 0 Å². The van der Waals surface area contributed by atoms with Gasteiger partial charge in [0.05, 0.1) is 16.1 Å². The number of thiazole rings is 1. The topological polar surface area (TPSA) is 68.8 Å². The summed E-state index contributed by atoms with van der Waals surface area (Å²) in [4.78, 5) is 37.3. The SMILES string of the molecule is CN(C)c1nc2sc(C(=O)N3CCCC(N4CCNCC4=O)C3)cc2s1. The van der Waals surface area contributed by atoms with E-state index in [-0.39, 0.29) is 17.9 Å². The highest BCUT2D eigenvalue weighted by atomic mass is 32.1. The lowest BCUT2D eigenvalue weighted by Gasteiger charge is -2.41. The largest absolute Gasteiger partial charge is 0.354 e. The molecule has 1 N–H and O–H groups in total. The maximum Gasteiger partial charge on any atom is 0.264 e. The molecule has 0 aliphatic carbocycles. The van der Waals surface area contributed by atoms with Crippen LogP contribution in [0.2, 0.25) is 0 Å². The number of thiophene rings is 1. The van der Waals surface area contributed by atoms with Gasteiger partial charge in [0.1, 0.15) is 4.83 Å². The first kappa shape index (κ1) is 17.7. The average Bonchev–Trinajstić information content (AvgIpc) is 3.21. The zero-order chi connectivity index (χ0) is 18.3. The van der Waals surface area contributed by atoms with E-state index >= 15 is 0 Å². The van der Waals surface area contributed by atoms with Gasteiger partial charge < -0.3 is 20.0 Å². The first-order valence-corrected chi connectivity index (χ1v) is 10.5. The Labute approximate surface area is 160 Å². The predicted molar refractivity (Wildman–Crippen MR) is 105 cm³/mol. The normalized spacial score (nSPS) is 21.5. The molecule has 4 heterocycles. The number of carbonyl (C=O) groups excluding carboxylic acids is 2. The van der Waals surface area contributed by atoms with Crippen molar-refractivity contribution in [3.05, 3.63) is 10.9 Å². The molecule has 0 radical (unpaired) electrons. The van der Waals surface area contributed by atoms with Gasteiger partial charge >= 0.3 is 0 Å². The molecule has 4 rings (SSSR count). The van der Waals surface area contributed by atoms with E-state index in [4.69, 9.17) is 0 Å². The Morgan fingerprint density at radius 2 is 2.19 bits per heavy atom. The Kier molecular flexibility index (Phi) is 4.85. The predicted octanol–water partition coefficient (Wildman–Crippen LogP) is 1.46. The van der Waals surface area contributed by atoms with Crippen LogP contribution in [0.15, 0.2) is 6.07 Å². The van der Waals surface area contributed by atoms with Crippen molar-refractivity contribution in [3.8, 4) is 0 Å². The number of nitrogens with zero attached hydrogens (tertiary/aromatic N) is 4. The van der Waals surface area contributed by atoms with E-state index in [9.17, 15) is 9.59 Å². The highest BCUT2D eigenvalue weighted by Crippen LogP contribution is 2.34. The summed E-state index contributed by atoms with van der Waals surface area (Å²) < 4.78 is 1.06. The molecule has 7 nitrogen and oxygen atoms in total. The van der Waals surface area contributed by atoms with E-state index in [1.54, 1.807) is 11.3 Å². The molecule has 26 heavy (non-hydrogen) atoms. The Balaban J connectivity index is 1.48. The number of piperazine rings is 1. The van der Waals surface area contributed by atoms with E-state index < -0.39 is 0 Å². The molecule has 0 spiro atoms. The van der Waals surface area contributed by atoms with Gasteiger partial charge in [0, 0.05) is 46.3 Å². The number of anilines is 1. The van der Waals surface area contributed by atoms with Gasteiger partial charge in [-0.15, -0.1) is 11.3 Å². The van der Waals surface area contributed by atoms with E-state index in [2.05, 4.69) is 10.3 Å². The molecule has 0 bridgehead atoms. The quantitative estimate of drug-likeness (QED) is 0.855. The highest BCUT2D eigenvalue weighted by molar-refractivity contribution is 7.29. The third kappa shape index (κ3) is 3.30. The fourth-order valence-electron chi connectivity index (χ4n) is 3.58. The summed E-state index contributed by atoms with van der Waals surface area (Å²) in [6.07, 6.45) is 1.92. The Morgan fingerprint density at radius 1 is 1.35 bits per heavy atom. The molecular weight excluding hydrogens is 370 g/mol. The van der Waals surface area contributed by atoms with Crippen molar-refractivity contribution in [2.75, 3.05) is 51.7 Å². The molecule has 2 amide bonds. The van der Waals surface area contributed by atoms with Crippen LogP contribution in [0.3, 0.4) is 0 Å². The van der Waals surface area contributed by atoms with Crippen molar-refractivity contribution in [2.45, 2.75) is 18.9 Å². The van der Waals surface area contributed by atoms with Gasteiger partial charge in [-0.25, -0.2) is 4.98 Å². The average molecular weight is 394 g/mol. The molecule has 2 aliphatic heterocycles. The number of hydrogen-bond acceptors (Lipinski definition) is 7. The molecule has 0 aromatic carbocycles. The zero-order valence-electron chi connectivity index (χ0n) is 15.0. The summed E-state index contributed by atoms with van der Waals surface area (Å²) in [5.41, 5.74) is 0. The standard InChI is InChI=1S/C17H23N5O2S2/c1-20(2)17-19-15-12(26-17)8-13(25-15)16(24)21-6-3-4-11(10-21)22-7-5-18-9-14(22)23/h8,11,18H,3-7,9-10H2,1-2H3. The number of nitrogens with one attached hydrogen (secondary N) is 1. The molecule has 1 unspecified atom stereocenters. The minimum absolute atomic E-state index is 0.0684. The van der Waals surface area contributed by atoms with E-state index in [1.165, 1.54) is 11.3 Å². The number of aromatic nitrogens is 1. The summed E-state index contributed by atoms with van der Waals surface area (Å²) in [5.74, 6) is 0.214. The summed E-state index contributed by atoms with van der Waals surface area (Å²) >= 11 is 3.07. The summed E-state index contributed by atoms with van der Waals surface area (Å²) in [5, 5.41) is 4.07. The lowest BCUT2D eigenvalue weighted by Crippen LogP contribution is -2.57. The van der Waals surface area contributed by atoms with Crippen molar-refractivity contribution in [3.63, 3.8) is 0 Å². The third-order valence-corrected chi connectivity index (χ3v) is 7.24. The van der Waals surface area contributed by atoms with Crippen molar-refractivity contribution >= 4 is 49.1 Å². The van der Waals surface area contributed by atoms with Gasteiger partial charge in [0.2, 0.25) is 5.91 Å². The first-order chi connectivity index (χ1) is 12.5. The zero-order valence-corrected chi connectivity index (χ0v) is 16.7. The molecule has 140 valence electrons. The van der Waals surface area contributed by atoms with Gasteiger partial charge in [-0.05, 0) is 18.9 Å². The minimum Gasteiger partial charge on any atom is -0.354 e. The molecular formula is C17H23N5O2S2. The second-order valence-electron chi connectivity index (χ2n) is 6.98. The number of hydrogen-bond donors (Lipinski definition) is 1. The van der Waals surface area contributed by atoms with Crippen LogP contribution in [-0.2, 0) is 4.79 Å². The number of fused-ring (bicyclic) bond motifs is 1. The monoisotopic (exact) mass is 393 g/mol. The third-order valence-electron chi connectivity index (χ3n) is 4.92. The molecule has 2 fully saturated rings. The number of carbonyl (C=O) groups is 2. The second kappa shape index (κ2) is 7.13. The maximum absolute atomic E-state index is 13.0. The van der Waals surface area contributed by atoms with Crippen LogP contribution in [0, 0.1) is 0 Å². The fraction of sp³-hybridized carbons (Fsp3) is 0.588.